The molecule has 1 aromatic rings. The van der Waals surface area contributed by atoms with Gasteiger partial charge in [-0.25, -0.2) is 0 Å². The highest BCUT2D eigenvalue weighted by Gasteiger charge is 2.40. The molecule has 1 unspecified atom stereocenters. The first kappa shape index (κ1) is 11.6. The number of hydrogen-bond donors (Lipinski definition) is 1. The number of amides is 1. The molecule has 4 heteroatoms. The van der Waals surface area contributed by atoms with Gasteiger partial charge in [0.2, 0.25) is 5.91 Å². The van der Waals surface area contributed by atoms with E-state index in [1.54, 1.807) is 11.3 Å². The van der Waals surface area contributed by atoms with E-state index < -0.39 is 0 Å². The van der Waals surface area contributed by atoms with Crippen LogP contribution in [0.2, 0.25) is 0 Å². The van der Waals surface area contributed by atoms with Crippen LogP contribution >= 0.6 is 11.3 Å². The molecule has 0 aliphatic carbocycles. The van der Waals surface area contributed by atoms with Gasteiger partial charge in [0.05, 0.1) is 12.2 Å². The van der Waals surface area contributed by atoms with Crippen LogP contribution in [0.3, 0.4) is 0 Å². The maximum Gasteiger partial charge on any atom is 0.243 e. The van der Waals surface area contributed by atoms with Gasteiger partial charge < -0.3 is 4.90 Å². The Labute approximate surface area is 100 Å². The molecule has 1 atom stereocenters. The van der Waals surface area contributed by atoms with E-state index in [0.717, 1.165) is 13.0 Å². The lowest BCUT2D eigenvalue weighted by molar-refractivity contribution is -0.132. The highest BCUT2D eigenvalue weighted by Crippen LogP contribution is 2.23. The Morgan fingerprint density at radius 1 is 1.56 bits per heavy atom. The first-order valence-corrected chi connectivity index (χ1v) is 6.57. The number of carbonyl (C=O) groups is 1. The Hall–Kier alpha value is -0.870. The molecule has 1 N–H and O–H groups in total. The van der Waals surface area contributed by atoms with Crippen molar-refractivity contribution in [3.8, 4) is 0 Å². The number of thiophene rings is 1. The Morgan fingerprint density at radius 2 is 2.31 bits per heavy atom. The minimum Gasteiger partial charge on any atom is -0.324 e. The fraction of sp³-hybridized carbons (Fsp3) is 0.583. The zero-order valence-electron chi connectivity index (χ0n) is 10.0. The maximum atomic E-state index is 12.2. The van der Waals surface area contributed by atoms with Crippen LogP contribution in [0, 0.1) is 6.92 Å². The molecule has 2 heterocycles. The van der Waals surface area contributed by atoms with Crippen LogP contribution in [-0.2, 0) is 11.3 Å². The number of aryl methyl sites for hydroxylation is 1. The molecular weight excluding hydrogens is 220 g/mol. The second kappa shape index (κ2) is 4.18. The van der Waals surface area contributed by atoms with Gasteiger partial charge in [-0.05, 0) is 42.2 Å². The van der Waals surface area contributed by atoms with Crippen LogP contribution in [0.5, 0.6) is 0 Å². The van der Waals surface area contributed by atoms with Crippen molar-refractivity contribution in [1.29, 1.82) is 0 Å². The summed E-state index contributed by atoms with van der Waals surface area (Å²) in [5.74, 6) is 0.223. The van der Waals surface area contributed by atoms with Crippen molar-refractivity contribution in [2.75, 3.05) is 6.67 Å². The van der Waals surface area contributed by atoms with Gasteiger partial charge in [-0.1, -0.05) is 6.92 Å². The second-order valence-electron chi connectivity index (χ2n) is 4.60. The average molecular weight is 238 g/mol. The van der Waals surface area contributed by atoms with Gasteiger partial charge in [-0.15, -0.1) is 0 Å². The number of nitrogens with one attached hydrogen (secondary N) is 1. The van der Waals surface area contributed by atoms with Crippen molar-refractivity contribution >= 4 is 17.2 Å². The molecule has 0 aromatic carbocycles. The zero-order chi connectivity index (χ0) is 11.8. The number of carbonyl (C=O) groups excluding carboxylic acids is 1. The zero-order valence-corrected chi connectivity index (χ0v) is 10.9. The predicted octanol–water partition coefficient (Wildman–Crippen LogP) is 2.11. The summed E-state index contributed by atoms with van der Waals surface area (Å²) in [4.78, 5) is 14.1. The third kappa shape index (κ3) is 1.87. The topological polar surface area (TPSA) is 32.3 Å². The number of hydrogen-bond acceptors (Lipinski definition) is 3. The van der Waals surface area contributed by atoms with E-state index in [1.807, 2.05) is 18.7 Å². The summed E-state index contributed by atoms with van der Waals surface area (Å²) < 4.78 is 0. The molecule has 1 fully saturated rings. The van der Waals surface area contributed by atoms with Crippen LogP contribution < -0.4 is 5.32 Å². The third-order valence-corrected chi connectivity index (χ3v) is 4.36. The lowest BCUT2D eigenvalue weighted by Crippen LogP contribution is -2.42. The molecule has 16 heavy (non-hydrogen) atoms. The van der Waals surface area contributed by atoms with E-state index in [2.05, 4.69) is 23.0 Å². The fourth-order valence-electron chi connectivity index (χ4n) is 1.92. The van der Waals surface area contributed by atoms with Crippen LogP contribution in [0.25, 0.3) is 0 Å². The van der Waals surface area contributed by atoms with Crippen molar-refractivity contribution in [3.05, 3.63) is 21.9 Å². The van der Waals surface area contributed by atoms with E-state index in [4.69, 9.17) is 0 Å². The molecule has 0 spiro atoms. The summed E-state index contributed by atoms with van der Waals surface area (Å²) in [5, 5.41) is 7.55. The van der Waals surface area contributed by atoms with Crippen molar-refractivity contribution in [1.82, 2.24) is 10.2 Å². The minimum atomic E-state index is -0.357. The molecule has 3 nitrogen and oxygen atoms in total. The second-order valence-corrected chi connectivity index (χ2v) is 5.35. The van der Waals surface area contributed by atoms with Gasteiger partial charge in [0.15, 0.2) is 0 Å². The van der Waals surface area contributed by atoms with Crippen LogP contribution in [0.1, 0.15) is 31.4 Å². The van der Waals surface area contributed by atoms with Gasteiger partial charge in [0, 0.05) is 6.54 Å². The van der Waals surface area contributed by atoms with E-state index in [9.17, 15) is 4.79 Å². The van der Waals surface area contributed by atoms with Gasteiger partial charge in [-0.2, -0.15) is 11.3 Å². The normalized spacial score (nSPS) is 25.4. The van der Waals surface area contributed by atoms with Crippen LogP contribution in [-0.4, -0.2) is 23.0 Å². The molecule has 0 bridgehead atoms. The summed E-state index contributed by atoms with van der Waals surface area (Å²) in [6.45, 7) is 7.52. The van der Waals surface area contributed by atoms with Gasteiger partial charge in [0.1, 0.15) is 0 Å². The van der Waals surface area contributed by atoms with Gasteiger partial charge in [0.25, 0.3) is 0 Å². The molecule has 1 aliphatic heterocycles. The third-order valence-electron chi connectivity index (χ3n) is 3.45. The molecule has 1 aromatic heterocycles. The van der Waals surface area contributed by atoms with E-state index in [0.29, 0.717) is 6.67 Å². The van der Waals surface area contributed by atoms with Crippen molar-refractivity contribution in [3.63, 3.8) is 0 Å². The summed E-state index contributed by atoms with van der Waals surface area (Å²) in [6.07, 6.45) is 0.838. The highest BCUT2D eigenvalue weighted by molar-refractivity contribution is 7.08. The molecule has 0 radical (unpaired) electrons. The van der Waals surface area contributed by atoms with Crippen LogP contribution in [0.4, 0.5) is 0 Å². The largest absolute Gasteiger partial charge is 0.324 e. The Kier molecular flexibility index (Phi) is 3.04. The van der Waals surface area contributed by atoms with Crippen molar-refractivity contribution in [2.24, 2.45) is 0 Å². The number of nitrogens with zero attached hydrogens (tertiary/aromatic N) is 1. The smallest absolute Gasteiger partial charge is 0.243 e. The standard InChI is InChI=1S/C12H18N2OS/c1-4-12(3)11(15)14(8-13-12)5-10-7-16-6-9(10)2/h6-7,13H,4-5,8H2,1-3H3. The van der Waals surface area contributed by atoms with E-state index in [-0.39, 0.29) is 11.4 Å². The summed E-state index contributed by atoms with van der Waals surface area (Å²) in [7, 11) is 0. The lowest BCUT2D eigenvalue weighted by atomic mass is 9.99. The Morgan fingerprint density at radius 3 is 2.81 bits per heavy atom. The first-order chi connectivity index (χ1) is 7.57. The van der Waals surface area contributed by atoms with Crippen LogP contribution in [0.15, 0.2) is 10.8 Å². The van der Waals surface area contributed by atoms with E-state index >= 15 is 0 Å². The summed E-state index contributed by atoms with van der Waals surface area (Å²) in [6, 6.07) is 0. The molecule has 88 valence electrons. The average Bonchev–Trinajstić information content (AvgIpc) is 2.79. The highest BCUT2D eigenvalue weighted by atomic mass is 32.1. The lowest BCUT2D eigenvalue weighted by Gasteiger charge is -2.20. The van der Waals surface area contributed by atoms with Gasteiger partial charge in [-0.3, -0.25) is 10.1 Å². The molecule has 1 aliphatic rings. The molecule has 1 amide bonds. The molecule has 0 saturated carbocycles. The first-order valence-electron chi connectivity index (χ1n) is 5.63. The monoisotopic (exact) mass is 238 g/mol. The van der Waals surface area contributed by atoms with E-state index in [1.165, 1.54) is 11.1 Å². The molecule has 2 rings (SSSR count). The van der Waals surface area contributed by atoms with Crippen molar-refractivity contribution in [2.45, 2.75) is 39.3 Å². The fourth-order valence-corrected chi connectivity index (χ4v) is 2.77. The summed E-state index contributed by atoms with van der Waals surface area (Å²) >= 11 is 1.70. The van der Waals surface area contributed by atoms with Gasteiger partial charge >= 0.3 is 0 Å². The van der Waals surface area contributed by atoms with Crippen molar-refractivity contribution < 1.29 is 4.79 Å². The Balaban J connectivity index is 2.09. The summed E-state index contributed by atoms with van der Waals surface area (Å²) in [5.41, 5.74) is 2.19. The predicted molar refractivity (Wildman–Crippen MR) is 66.3 cm³/mol. The maximum absolute atomic E-state index is 12.2. The molecule has 1 saturated heterocycles. The number of rotatable bonds is 3. The minimum absolute atomic E-state index is 0.223. The molecular formula is C12H18N2OS. The Bertz CT molecular complexity index is 401. The SMILES string of the molecule is CCC1(C)NCN(Cc2cscc2C)C1=O. The quantitative estimate of drug-likeness (QED) is 0.874.